The standard InChI is InChI=1S/C15H22N2O/c1-3-17-12-14-11-13(2)7-8-15(14)18-10-6-4-5-9-16/h7-8,11,17H,3-6,10,12H2,1-2H3. The Labute approximate surface area is 110 Å². The van der Waals surface area contributed by atoms with Crippen molar-refractivity contribution in [3.63, 3.8) is 0 Å². The minimum Gasteiger partial charge on any atom is -0.493 e. The van der Waals surface area contributed by atoms with Gasteiger partial charge >= 0.3 is 0 Å². The normalized spacial score (nSPS) is 10.1. The third-order valence-electron chi connectivity index (χ3n) is 2.72. The fourth-order valence-electron chi connectivity index (χ4n) is 1.74. The zero-order valence-corrected chi connectivity index (χ0v) is 11.3. The van der Waals surface area contributed by atoms with Gasteiger partial charge in [-0.2, -0.15) is 5.26 Å². The third-order valence-corrected chi connectivity index (χ3v) is 2.72. The molecular weight excluding hydrogens is 224 g/mol. The smallest absolute Gasteiger partial charge is 0.123 e. The van der Waals surface area contributed by atoms with E-state index in [1.165, 1.54) is 11.1 Å². The van der Waals surface area contributed by atoms with Crippen LogP contribution in [0.5, 0.6) is 5.75 Å². The van der Waals surface area contributed by atoms with Gasteiger partial charge in [0.25, 0.3) is 0 Å². The summed E-state index contributed by atoms with van der Waals surface area (Å²) in [6.45, 7) is 6.66. The van der Waals surface area contributed by atoms with Crippen LogP contribution in [0, 0.1) is 18.3 Å². The summed E-state index contributed by atoms with van der Waals surface area (Å²) in [5.41, 5.74) is 2.46. The van der Waals surface area contributed by atoms with Crippen LogP contribution in [0.4, 0.5) is 0 Å². The van der Waals surface area contributed by atoms with Gasteiger partial charge in [-0.15, -0.1) is 0 Å². The first-order valence-corrected chi connectivity index (χ1v) is 6.58. The molecule has 0 heterocycles. The molecule has 0 radical (unpaired) electrons. The molecule has 0 saturated heterocycles. The van der Waals surface area contributed by atoms with E-state index in [1.54, 1.807) is 0 Å². The molecule has 0 spiro atoms. The van der Waals surface area contributed by atoms with Crippen LogP contribution in [0.15, 0.2) is 18.2 Å². The number of rotatable bonds is 8. The van der Waals surface area contributed by atoms with Crippen molar-refractivity contribution in [3.05, 3.63) is 29.3 Å². The van der Waals surface area contributed by atoms with Gasteiger partial charge in [0.1, 0.15) is 5.75 Å². The Kier molecular flexibility index (Phi) is 6.90. The van der Waals surface area contributed by atoms with Crippen LogP contribution in [0.3, 0.4) is 0 Å². The highest BCUT2D eigenvalue weighted by molar-refractivity contribution is 5.36. The molecule has 0 aliphatic heterocycles. The third kappa shape index (κ3) is 5.20. The van der Waals surface area contributed by atoms with Gasteiger partial charge < -0.3 is 10.1 Å². The van der Waals surface area contributed by atoms with Gasteiger partial charge in [0.05, 0.1) is 12.7 Å². The maximum absolute atomic E-state index is 8.46. The van der Waals surface area contributed by atoms with Crippen LogP contribution in [0.1, 0.15) is 37.3 Å². The first-order chi connectivity index (χ1) is 8.77. The lowest BCUT2D eigenvalue weighted by Crippen LogP contribution is -2.13. The highest BCUT2D eigenvalue weighted by Gasteiger charge is 2.03. The molecule has 1 aromatic carbocycles. The number of aryl methyl sites for hydroxylation is 1. The topological polar surface area (TPSA) is 45.0 Å². The average molecular weight is 246 g/mol. The Balaban J connectivity index is 2.50. The van der Waals surface area contributed by atoms with Crippen LogP contribution in [-0.2, 0) is 6.54 Å². The fraction of sp³-hybridized carbons (Fsp3) is 0.533. The summed E-state index contributed by atoms with van der Waals surface area (Å²) in [6.07, 6.45) is 2.45. The molecular formula is C15H22N2O. The van der Waals surface area contributed by atoms with Crippen molar-refractivity contribution in [3.8, 4) is 11.8 Å². The monoisotopic (exact) mass is 246 g/mol. The molecule has 1 aromatic rings. The van der Waals surface area contributed by atoms with E-state index in [2.05, 4.69) is 37.4 Å². The van der Waals surface area contributed by atoms with Gasteiger partial charge in [-0.05, 0) is 32.4 Å². The molecule has 1 N–H and O–H groups in total. The molecule has 1 rings (SSSR count). The van der Waals surface area contributed by atoms with Crippen molar-refractivity contribution in [1.29, 1.82) is 5.26 Å². The summed E-state index contributed by atoms with van der Waals surface area (Å²) in [6, 6.07) is 8.41. The fourth-order valence-corrected chi connectivity index (χ4v) is 1.74. The summed E-state index contributed by atoms with van der Waals surface area (Å²) in [5, 5.41) is 11.8. The number of nitriles is 1. The largest absolute Gasteiger partial charge is 0.493 e. The number of unbranched alkanes of at least 4 members (excludes halogenated alkanes) is 2. The van der Waals surface area contributed by atoms with Gasteiger partial charge in [-0.25, -0.2) is 0 Å². The lowest BCUT2D eigenvalue weighted by molar-refractivity contribution is 0.304. The Hall–Kier alpha value is -1.53. The summed E-state index contributed by atoms with van der Waals surface area (Å²) < 4.78 is 5.79. The SMILES string of the molecule is CCNCc1cc(C)ccc1OCCCCC#N. The maximum atomic E-state index is 8.46. The minimum absolute atomic E-state index is 0.613. The molecule has 18 heavy (non-hydrogen) atoms. The van der Waals surface area contributed by atoms with Gasteiger partial charge in [-0.3, -0.25) is 0 Å². The van der Waals surface area contributed by atoms with Gasteiger partial charge in [0.2, 0.25) is 0 Å². The van der Waals surface area contributed by atoms with E-state index in [9.17, 15) is 0 Å². The maximum Gasteiger partial charge on any atom is 0.123 e. The summed E-state index contributed by atoms with van der Waals surface area (Å²) in [4.78, 5) is 0. The minimum atomic E-state index is 0.613. The number of ether oxygens (including phenoxy) is 1. The van der Waals surface area contributed by atoms with E-state index in [4.69, 9.17) is 10.00 Å². The molecule has 0 atom stereocenters. The van der Waals surface area contributed by atoms with E-state index in [1.807, 2.05) is 6.07 Å². The molecule has 0 amide bonds. The Morgan fingerprint density at radius 1 is 1.33 bits per heavy atom. The van der Waals surface area contributed by atoms with Crippen LogP contribution < -0.4 is 10.1 Å². The molecule has 3 nitrogen and oxygen atoms in total. The molecule has 3 heteroatoms. The second kappa shape index (κ2) is 8.54. The van der Waals surface area contributed by atoms with E-state index >= 15 is 0 Å². The van der Waals surface area contributed by atoms with E-state index in [-0.39, 0.29) is 0 Å². The van der Waals surface area contributed by atoms with E-state index in [0.717, 1.165) is 31.7 Å². The van der Waals surface area contributed by atoms with Gasteiger partial charge in [0.15, 0.2) is 0 Å². The Morgan fingerprint density at radius 3 is 2.89 bits per heavy atom. The number of benzene rings is 1. The molecule has 0 bridgehead atoms. The first kappa shape index (κ1) is 14.5. The molecule has 0 unspecified atom stereocenters. The summed E-state index contributed by atoms with van der Waals surface area (Å²) in [7, 11) is 0. The highest BCUT2D eigenvalue weighted by atomic mass is 16.5. The van der Waals surface area contributed by atoms with Crippen LogP contribution in [-0.4, -0.2) is 13.2 Å². The number of hydrogen-bond donors (Lipinski definition) is 1. The van der Waals surface area contributed by atoms with Crippen molar-refractivity contribution >= 4 is 0 Å². The van der Waals surface area contributed by atoms with Crippen LogP contribution in [0.2, 0.25) is 0 Å². The molecule has 0 aliphatic carbocycles. The Morgan fingerprint density at radius 2 is 2.17 bits per heavy atom. The second-order valence-electron chi connectivity index (χ2n) is 4.36. The van der Waals surface area contributed by atoms with Crippen molar-refractivity contribution in [1.82, 2.24) is 5.32 Å². The number of nitrogens with zero attached hydrogens (tertiary/aromatic N) is 1. The zero-order chi connectivity index (χ0) is 13.2. The summed E-state index contributed by atoms with van der Waals surface area (Å²) in [5.74, 6) is 0.957. The average Bonchev–Trinajstić information content (AvgIpc) is 2.38. The molecule has 0 saturated carbocycles. The van der Waals surface area contributed by atoms with Gasteiger partial charge in [-0.1, -0.05) is 24.6 Å². The predicted octanol–water partition coefficient (Wildman–Crippen LogP) is 3.18. The van der Waals surface area contributed by atoms with E-state index in [0.29, 0.717) is 13.0 Å². The van der Waals surface area contributed by atoms with Crippen molar-refractivity contribution < 1.29 is 4.74 Å². The summed E-state index contributed by atoms with van der Waals surface area (Å²) >= 11 is 0. The lowest BCUT2D eigenvalue weighted by atomic mass is 10.1. The number of hydrogen-bond acceptors (Lipinski definition) is 3. The van der Waals surface area contributed by atoms with Gasteiger partial charge in [0, 0.05) is 18.5 Å². The quantitative estimate of drug-likeness (QED) is 0.716. The lowest BCUT2D eigenvalue weighted by Gasteiger charge is -2.12. The van der Waals surface area contributed by atoms with E-state index < -0.39 is 0 Å². The van der Waals surface area contributed by atoms with Crippen molar-refractivity contribution in [2.24, 2.45) is 0 Å². The first-order valence-electron chi connectivity index (χ1n) is 6.58. The van der Waals surface area contributed by atoms with Crippen LogP contribution >= 0.6 is 0 Å². The predicted molar refractivity (Wildman–Crippen MR) is 73.5 cm³/mol. The molecule has 0 aromatic heterocycles. The Bertz CT molecular complexity index is 396. The van der Waals surface area contributed by atoms with Crippen LogP contribution in [0.25, 0.3) is 0 Å². The number of nitrogens with one attached hydrogen (secondary N) is 1. The van der Waals surface area contributed by atoms with Crippen molar-refractivity contribution in [2.45, 2.75) is 39.7 Å². The zero-order valence-electron chi connectivity index (χ0n) is 11.3. The molecule has 0 aliphatic rings. The van der Waals surface area contributed by atoms with Crippen molar-refractivity contribution in [2.75, 3.05) is 13.2 Å². The highest BCUT2D eigenvalue weighted by Crippen LogP contribution is 2.20. The molecule has 98 valence electrons. The second-order valence-corrected chi connectivity index (χ2v) is 4.36. The molecule has 0 fully saturated rings.